The molecule has 0 aromatic heterocycles. The molecule has 3 nitrogen and oxygen atoms in total. The monoisotopic (exact) mass is 224 g/mol. The Labute approximate surface area is 98.7 Å². The first kappa shape index (κ1) is 13.2. The van der Waals surface area contributed by atoms with Gasteiger partial charge in [0.15, 0.2) is 0 Å². The van der Waals surface area contributed by atoms with E-state index in [1.165, 1.54) is 18.4 Å². The van der Waals surface area contributed by atoms with E-state index in [-0.39, 0.29) is 5.91 Å². The van der Waals surface area contributed by atoms with Crippen LogP contribution in [0.5, 0.6) is 0 Å². The summed E-state index contributed by atoms with van der Waals surface area (Å²) in [6.07, 6.45) is 6.24. The van der Waals surface area contributed by atoms with Gasteiger partial charge >= 0.3 is 0 Å². The van der Waals surface area contributed by atoms with Crippen molar-refractivity contribution in [3.05, 3.63) is 11.6 Å². The van der Waals surface area contributed by atoms with Crippen LogP contribution in [0.4, 0.5) is 0 Å². The Morgan fingerprint density at radius 1 is 1.38 bits per heavy atom. The maximum Gasteiger partial charge on any atom is 0.217 e. The van der Waals surface area contributed by atoms with Crippen LogP contribution < -0.4 is 5.73 Å². The lowest BCUT2D eigenvalue weighted by molar-refractivity contribution is -0.118. The van der Waals surface area contributed by atoms with Crippen molar-refractivity contribution < 1.29 is 4.79 Å². The van der Waals surface area contributed by atoms with Crippen LogP contribution in [0.3, 0.4) is 0 Å². The van der Waals surface area contributed by atoms with Gasteiger partial charge in [0.1, 0.15) is 0 Å². The van der Waals surface area contributed by atoms with Crippen LogP contribution in [0.2, 0.25) is 0 Å². The molecular weight excluding hydrogens is 200 g/mol. The summed E-state index contributed by atoms with van der Waals surface area (Å²) in [4.78, 5) is 13.2. The molecule has 1 aliphatic rings. The van der Waals surface area contributed by atoms with E-state index in [1.807, 2.05) is 0 Å². The number of amides is 1. The lowest BCUT2D eigenvalue weighted by Gasteiger charge is -2.31. The molecule has 1 amide bonds. The van der Waals surface area contributed by atoms with E-state index in [1.54, 1.807) is 0 Å². The highest BCUT2D eigenvalue weighted by molar-refractivity contribution is 5.73. The highest BCUT2D eigenvalue weighted by atomic mass is 16.1. The summed E-state index contributed by atoms with van der Waals surface area (Å²) in [5.74, 6) is 0.544. The third-order valence-corrected chi connectivity index (χ3v) is 3.26. The lowest BCUT2D eigenvalue weighted by Crippen LogP contribution is -2.34. The lowest BCUT2D eigenvalue weighted by atomic mass is 9.92. The van der Waals surface area contributed by atoms with Crippen molar-refractivity contribution in [3.63, 3.8) is 0 Å². The number of piperidine rings is 1. The van der Waals surface area contributed by atoms with Crippen LogP contribution >= 0.6 is 0 Å². The van der Waals surface area contributed by atoms with Gasteiger partial charge in [0.05, 0.1) is 0 Å². The minimum atomic E-state index is -0.160. The quantitative estimate of drug-likeness (QED) is 0.725. The summed E-state index contributed by atoms with van der Waals surface area (Å²) in [6.45, 7) is 7.67. The molecule has 0 unspecified atom stereocenters. The predicted octanol–water partition coefficient (Wildman–Crippen LogP) is 1.93. The molecule has 3 heteroatoms. The largest absolute Gasteiger partial charge is 0.370 e. The fraction of sp³-hybridized carbons (Fsp3) is 0.769. The van der Waals surface area contributed by atoms with Gasteiger partial charge in [-0.3, -0.25) is 9.69 Å². The van der Waals surface area contributed by atoms with Crippen molar-refractivity contribution in [3.8, 4) is 0 Å². The minimum absolute atomic E-state index is 0.160. The van der Waals surface area contributed by atoms with E-state index < -0.39 is 0 Å². The standard InChI is InChI=1S/C13H24N2O/c1-11(2)5-8-15-9-6-12(7-10-15)3-4-13(14)16/h5,12H,3-4,6-10H2,1-2H3,(H2,14,16). The zero-order valence-corrected chi connectivity index (χ0v) is 10.5. The van der Waals surface area contributed by atoms with E-state index in [2.05, 4.69) is 24.8 Å². The van der Waals surface area contributed by atoms with E-state index in [0.717, 1.165) is 26.1 Å². The third-order valence-electron chi connectivity index (χ3n) is 3.26. The molecule has 0 aromatic rings. The number of carbonyl (C=O) groups is 1. The molecule has 1 aliphatic heterocycles. The Kier molecular flexibility index (Phi) is 5.53. The van der Waals surface area contributed by atoms with E-state index in [4.69, 9.17) is 5.73 Å². The fourth-order valence-corrected chi connectivity index (χ4v) is 2.12. The Morgan fingerprint density at radius 3 is 2.50 bits per heavy atom. The summed E-state index contributed by atoms with van der Waals surface area (Å²) in [5.41, 5.74) is 6.55. The molecule has 0 bridgehead atoms. The molecule has 2 N–H and O–H groups in total. The van der Waals surface area contributed by atoms with Gasteiger partial charge in [-0.1, -0.05) is 11.6 Å². The van der Waals surface area contributed by atoms with Crippen LogP contribution in [-0.2, 0) is 4.79 Å². The van der Waals surface area contributed by atoms with Crippen molar-refractivity contribution in [2.45, 2.75) is 39.5 Å². The molecule has 0 radical (unpaired) electrons. The number of nitrogens with two attached hydrogens (primary N) is 1. The maximum atomic E-state index is 10.7. The maximum absolute atomic E-state index is 10.7. The predicted molar refractivity (Wildman–Crippen MR) is 67.0 cm³/mol. The topological polar surface area (TPSA) is 46.3 Å². The Bertz CT molecular complexity index is 249. The minimum Gasteiger partial charge on any atom is -0.370 e. The molecule has 1 saturated heterocycles. The zero-order chi connectivity index (χ0) is 12.0. The SMILES string of the molecule is CC(C)=CCN1CCC(CCC(N)=O)CC1. The van der Waals surface area contributed by atoms with Crippen molar-refractivity contribution in [1.82, 2.24) is 4.90 Å². The average Bonchev–Trinajstić information content (AvgIpc) is 2.25. The number of hydrogen-bond acceptors (Lipinski definition) is 2. The number of rotatable bonds is 5. The van der Waals surface area contributed by atoms with Gasteiger partial charge in [-0.15, -0.1) is 0 Å². The number of nitrogens with zero attached hydrogens (tertiary/aromatic N) is 1. The van der Waals surface area contributed by atoms with Crippen LogP contribution in [0.1, 0.15) is 39.5 Å². The van der Waals surface area contributed by atoms with E-state index in [0.29, 0.717) is 12.3 Å². The molecule has 0 atom stereocenters. The van der Waals surface area contributed by atoms with Crippen LogP contribution in [0, 0.1) is 5.92 Å². The molecule has 1 fully saturated rings. The van der Waals surface area contributed by atoms with Crippen LogP contribution in [0.25, 0.3) is 0 Å². The number of allylic oxidation sites excluding steroid dienone is 1. The molecule has 16 heavy (non-hydrogen) atoms. The van der Waals surface area contributed by atoms with Crippen LogP contribution in [-0.4, -0.2) is 30.4 Å². The fourth-order valence-electron chi connectivity index (χ4n) is 2.12. The Morgan fingerprint density at radius 2 is 2.00 bits per heavy atom. The molecule has 0 spiro atoms. The number of primary amides is 1. The molecular formula is C13H24N2O. The molecule has 0 saturated carbocycles. The van der Waals surface area contributed by atoms with E-state index in [9.17, 15) is 4.79 Å². The molecule has 1 heterocycles. The second-order valence-corrected chi connectivity index (χ2v) is 5.03. The number of hydrogen-bond donors (Lipinski definition) is 1. The molecule has 92 valence electrons. The van der Waals surface area contributed by atoms with Gasteiger partial charge < -0.3 is 5.73 Å². The average molecular weight is 224 g/mol. The second-order valence-electron chi connectivity index (χ2n) is 5.03. The van der Waals surface area contributed by atoms with Gasteiger partial charge in [0.2, 0.25) is 5.91 Å². The summed E-state index contributed by atoms with van der Waals surface area (Å²) in [7, 11) is 0. The Hall–Kier alpha value is -0.830. The first-order valence-electron chi connectivity index (χ1n) is 6.22. The van der Waals surface area contributed by atoms with Gasteiger partial charge in [0.25, 0.3) is 0 Å². The smallest absolute Gasteiger partial charge is 0.217 e. The summed E-state index contributed by atoms with van der Waals surface area (Å²) < 4.78 is 0. The second kappa shape index (κ2) is 6.69. The molecule has 1 rings (SSSR count). The van der Waals surface area contributed by atoms with Crippen molar-refractivity contribution in [1.29, 1.82) is 0 Å². The van der Waals surface area contributed by atoms with Gasteiger partial charge in [0, 0.05) is 13.0 Å². The first-order valence-corrected chi connectivity index (χ1v) is 6.22. The zero-order valence-electron chi connectivity index (χ0n) is 10.5. The van der Waals surface area contributed by atoms with Gasteiger partial charge in [-0.2, -0.15) is 0 Å². The highest BCUT2D eigenvalue weighted by Gasteiger charge is 2.18. The number of likely N-dealkylation sites (tertiary alicyclic amines) is 1. The molecule has 0 aromatic carbocycles. The summed E-state index contributed by atoms with van der Waals surface area (Å²) in [5, 5.41) is 0. The van der Waals surface area contributed by atoms with E-state index >= 15 is 0 Å². The van der Waals surface area contributed by atoms with Crippen LogP contribution in [0.15, 0.2) is 11.6 Å². The summed E-state index contributed by atoms with van der Waals surface area (Å²) >= 11 is 0. The first-order chi connectivity index (χ1) is 7.58. The van der Waals surface area contributed by atoms with Crippen molar-refractivity contribution in [2.24, 2.45) is 11.7 Å². The summed E-state index contributed by atoms with van der Waals surface area (Å²) in [6, 6.07) is 0. The van der Waals surface area contributed by atoms with Crippen molar-refractivity contribution >= 4 is 5.91 Å². The highest BCUT2D eigenvalue weighted by Crippen LogP contribution is 2.21. The normalized spacial score (nSPS) is 18.4. The number of carbonyl (C=O) groups excluding carboxylic acids is 1. The van der Waals surface area contributed by atoms with Crippen molar-refractivity contribution in [2.75, 3.05) is 19.6 Å². The third kappa shape index (κ3) is 5.31. The Balaban J connectivity index is 2.18. The van der Waals surface area contributed by atoms with Gasteiger partial charge in [-0.05, 0) is 52.1 Å². The molecule has 0 aliphatic carbocycles. The van der Waals surface area contributed by atoms with Gasteiger partial charge in [-0.25, -0.2) is 0 Å².